The van der Waals surface area contributed by atoms with Gasteiger partial charge in [-0.15, -0.1) is 0 Å². The van der Waals surface area contributed by atoms with Gasteiger partial charge in [0.05, 0.1) is 6.61 Å². The second kappa shape index (κ2) is 10.7. The number of likely N-dealkylation sites (tertiary alicyclic amines) is 1. The summed E-state index contributed by atoms with van der Waals surface area (Å²) in [5, 5.41) is 3.03. The number of hydrogen-bond acceptors (Lipinski definition) is 4. The van der Waals surface area contributed by atoms with Crippen LogP contribution in [-0.2, 0) is 11.3 Å². The van der Waals surface area contributed by atoms with Gasteiger partial charge in [-0.2, -0.15) is 0 Å². The summed E-state index contributed by atoms with van der Waals surface area (Å²) < 4.78 is 11.1. The maximum absolute atomic E-state index is 12.7. The monoisotopic (exact) mass is 394 g/mol. The van der Waals surface area contributed by atoms with Gasteiger partial charge >= 0.3 is 0 Å². The van der Waals surface area contributed by atoms with Crippen LogP contribution in [0.15, 0.2) is 61.2 Å². The first kappa shape index (κ1) is 20.9. The minimum Gasteiger partial charge on any atom is -0.494 e. The Morgan fingerprint density at radius 2 is 1.86 bits per heavy atom. The molecular weight excluding hydrogens is 364 g/mol. The molecule has 1 aliphatic rings. The number of amides is 1. The van der Waals surface area contributed by atoms with Crippen LogP contribution in [-0.4, -0.2) is 37.1 Å². The molecule has 0 bridgehead atoms. The molecule has 1 N–H and O–H groups in total. The fourth-order valence-electron chi connectivity index (χ4n) is 3.57. The molecule has 0 aliphatic carbocycles. The molecule has 3 rings (SSSR count). The maximum atomic E-state index is 12.7. The molecule has 1 saturated heterocycles. The average Bonchev–Trinajstić information content (AvgIpc) is 2.73. The number of nitrogens with zero attached hydrogens (tertiary/aromatic N) is 1. The number of piperidine rings is 1. The lowest BCUT2D eigenvalue weighted by atomic mass is 9.95. The number of nitrogens with one attached hydrogen (secondary N) is 1. The van der Waals surface area contributed by atoms with Crippen molar-refractivity contribution < 1.29 is 14.3 Å². The Kier molecular flexibility index (Phi) is 7.70. The van der Waals surface area contributed by atoms with Crippen LogP contribution in [0.4, 0.5) is 5.69 Å². The number of carbonyl (C=O) groups is 1. The maximum Gasteiger partial charge on any atom is 0.227 e. The number of rotatable bonds is 9. The Labute approximate surface area is 173 Å². The molecule has 0 atom stereocenters. The molecule has 29 heavy (non-hydrogen) atoms. The van der Waals surface area contributed by atoms with Crippen LogP contribution in [0.3, 0.4) is 0 Å². The van der Waals surface area contributed by atoms with Crippen LogP contribution >= 0.6 is 0 Å². The summed E-state index contributed by atoms with van der Waals surface area (Å²) in [5.74, 6) is 1.77. The molecule has 154 valence electrons. The fourth-order valence-corrected chi connectivity index (χ4v) is 3.57. The van der Waals surface area contributed by atoms with Crippen molar-refractivity contribution in [3.8, 4) is 11.5 Å². The van der Waals surface area contributed by atoms with E-state index < -0.39 is 0 Å². The number of carbonyl (C=O) groups excluding carboxylic acids is 1. The molecule has 1 aliphatic heterocycles. The summed E-state index contributed by atoms with van der Waals surface area (Å²) in [6.45, 7) is 9.48. The third-order valence-electron chi connectivity index (χ3n) is 5.04. The molecule has 0 unspecified atom stereocenters. The van der Waals surface area contributed by atoms with Gasteiger partial charge in [0, 0.05) is 24.2 Å². The van der Waals surface area contributed by atoms with Crippen LogP contribution < -0.4 is 14.8 Å². The zero-order valence-electron chi connectivity index (χ0n) is 17.1. The zero-order valence-corrected chi connectivity index (χ0v) is 17.1. The first-order valence-electron chi connectivity index (χ1n) is 10.3. The first-order valence-corrected chi connectivity index (χ1v) is 10.3. The van der Waals surface area contributed by atoms with Gasteiger partial charge in [-0.1, -0.05) is 30.9 Å². The van der Waals surface area contributed by atoms with Crippen molar-refractivity contribution in [1.82, 2.24) is 4.90 Å². The van der Waals surface area contributed by atoms with Gasteiger partial charge in [0.25, 0.3) is 0 Å². The lowest BCUT2D eigenvalue weighted by molar-refractivity contribution is -0.121. The number of benzene rings is 2. The standard InChI is InChI=1S/C24H30N2O3/c1-3-15-29-23-10-6-8-21(17-23)25-24(27)20-11-13-26(14-12-20)18-19-7-5-9-22(16-19)28-4-2/h3,5-10,16-17,20H,1,4,11-15,18H2,2H3,(H,25,27). The van der Waals surface area contributed by atoms with E-state index >= 15 is 0 Å². The van der Waals surface area contributed by atoms with Gasteiger partial charge in [0.2, 0.25) is 5.91 Å². The number of anilines is 1. The summed E-state index contributed by atoms with van der Waals surface area (Å²) in [5.41, 5.74) is 2.02. The average molecular weight is 395 g/mol. The zero-order chi connectivity index (χ0) is 20.5. The third kappa shape index (κ3) is 6.36. The molecule has 1 fully saturated rings. The van der Waals surface area contributed by atoms with Crippen molar-refractivity contribution in [3.63, 3.8) is 0 Å². The second-order valence-corrected chi connectivity index (χ2v) is 7.25. The minimum atomic E-state index is 0.0405. The topological polar surface area (TPSA) is 50.8 Å². The summed E-state index contributed by atoms with van der Waals surface area (Å²) >= 11 is 0. The van der Waals surface area contributed by atoms with E-state index in [-0.39, 0.29) is 11.8 Å². The summed E-state index contributed by atoms with van der Waals surface area (Å²) in [7, 11) is 0. The van der Waals surface area contributed by atoms with Crippen molar-refractivity contribution in [3.05, 3.63) is 66.7 Å². The van der Waals surface area contributed by atoms with Crippen LogP contribution in [0.25, 0.3) is 0 Å². The second-order valence-electron chi connectivity index (χ2n) is 7.25. The van der Waals surface area contributed by atoms with Crippen molar-refractivity contribution in [2.75, 3.05) is 31.6 Å². The van der Waals surface area contributed by atoms with Crippen LogP contribution in [0.2, 0.25) is 0 Å². The molecule has 0 spiro atoms. The first-order chi connectivity index (χ1) is 14.2. The predicted molar refractivity (Wildman–Crippen MR) is 116 cm³/mol. The number of ether oxygens (including phenoxy) is 2. The molecular formula is C24H30N2O3. The SMILES string of the molecule is C=CCOc1cccc(NC(=O)C2CCN(Cc3cccc(OCC)c3)CC2)c1. The van der Waals surface area contributed by atoms with E-state index in [9.17, 15) is 4.79 Å². The largest absolute Gasteiger partial charge is 0.494 e. The van der Waals surface area contributed by atoms with Crippen LogP contribution in [0.1, 0.15) is 25.3 Å². The molecule has 0 radical (unpaired) electrons. The lowest BCUT2D eigenvalue weighted by Crippen LogP contribution is -2.37. The van der Waals surface area contributed by atoms with Gasteiger partial charge in [0.15, 0.2) is 0 Å². The van der Waals surface area contributed by atoms with Crippen LogP contribution in [0.5, 0.6) is 11.5 Å². The molecule has 0 saturated carbocycles. The van der Waals surface area contributed by atoms with Crippen LogP contribution in [0, 0.1) is 5.92 Å². The Morgan fingerprint density at radius 1 is 1.14 bits per heavy atom. The van der Waals surface area contributed by atoms with E-state index in [1.165, 1.54) is 5.56 Å². The van der Waals surface area contributed by atoms with E-state index in [1.54, 1.807) is 6.08 Å². The van der Waals surface area contributed by atoms with Gasteiger partial charge in [-0.3, -0.25) is 9.69 Å². The van der Waals surface area contributed by atoms with Gasteiger partial charge < -0.3 is 14.8 Å². The van der Waals surface area contributed by atoms with Gasteiger partial charge in [-0.05, 0) is 62.7 Å². The Balaban J connectivity index is 1.48. The number of hydrogen-bond donors (Lipinski definition) is 1. The fraction of sp³-hybridized carbons (Fsp3) is 0.375. The molecule has 1 amide bonds. The summed E-state index contributed by atoms with van der Waals surface area (Å²) in [6.07, 6.45) is 3.43. The Bertz CT molecular complexity index is 813. The van der Waals surface area contributed by atoms with E-state index in [4.69, 9.17) is 9.47 Å². The van der Waals surface area contributed by atoms with E-state index in [1.807, 2.05) is 43.3 Å². The minimum absolute atomic E-state index is 0.0405. The third-order valence-corrected chi connectivity index (χ3v) is 5.04. The Hall–Kier alpha value is -2.79. The van der Waals surface area contributed by atoms with Crippen molar-refractivity contribution in [2.45, 2.75) is 26.3 Å². The van der Waals surface area contributed by atoms with Crippen molar-refractivity contribution in [1.29, 1.82) is 0 Å². The summed E-state index contributed by atoms with van der Waals surface area (Å²) in [4.78, 5) is 15.1. The smallest absolute Gasteiger partial charge is 0.227 e. The molecule has 0 aromatic heterocycles. The van der Waals surface area contributed by atoms with Crippen molar-refractivity contribution >= 4 is 11.6 Å². The highest BCUT2D eigenvalue weighted by Gasteiger charge is 2.25. The highest BCUT2D eigenvalue weighted by molar-refractivity contribution is 5.92. The van der Waals surface area contributed by atoms with E-state index in [2.05, 4.69) is 28.9 Å². The molecule has 2 aromatic rings. The van der Waals surface area contributed by atoms with E-state index in [0.29, 0.717) is 13.2 Å². The molecule has 5 nitrogen and oxygen atoms in total. The highest BCUT2D eigenvalue weighted by Crippen LogP contribution is 2.23. The molecule has 2 aromatic carbocycles. The Morgan fingerprint density at radius 3 is 2.59 bits per heavy atom. The lowest BCUT2D eigenvalue weighted by Gasteiger charge is -2.31. The van der Waals surface area contributed by atoms with Gasteiger partial charge in [0.1, 0.15) is 18.1 Å². The molecule has 5 heteroatoms. The normalized spacial score (nSPS) is 14.9. The summed E-state index contributed by atoms with van der Waals surface area (Å²) in [6, 6.07) is 15.7. The van der Waals surface area contributed by atoms with Crippen molar-refractivity contribution in [2.24, 2.45) is 5.92 Å². The highest BCUT2D eigenvalue weighted by atomic mass is 16.5. The quantitative estimate of drug-likeness (QED) is 0.636. The molecule has 1 heterocycles. The predicted octanol–water partition coefficient (Wildman–Crippen LogP) is 4.50. The van der Waals surface area contributed by atoms with Gasteiger partial charge in [-0.25, -0.2) is 0 Å². The van der Waals surface area contributed by atoms with E-state index in [0.717, 1.165) is 49.7 Å².